The number of unbranched alkanes of at least 4 members (excludes halogenated alkanes) is 1. The van der Waals surface area contributed by atoms with Gasteiger partial charge >= 0.3 is 0 Å². The average molecular weight is 144 g/mol. The number of carbonyl (C=O) groups excluding carboxylic acids is 2. The van der Waals surface area contributed by atoms with E-state index in [1.807, 2.05) is 6.92 Å². The fourth-order valence-corrected chi connectivity index (χ4v) is 0.573. The molecule has 0 bridgehead atoms. The summed E-state index contributed by atoms with van der Waals surface area (Å²) in [6.45, 7) is 2.24. The molecule has 0 aliphatic heterocycles. The molecule has 3 nitrogen and oxygen atoms in total. The molecular weight excluding hydrogens is 132 g/mol. The first kappa shape index (κ1) is 9.14. The lowest BCUT2D eigenvalue weighted by molar-refractivity contribution is -0.136. The van der Waals surface area contributed by atoms with Gasteiger partial charge in [-0.05, 0) is 6.42 Å². The summed E-state index contributed by atoms with van der Waals surface area (Å²) in [5, 5.41) is 0. The van der Waals surface area contributed by atoms with E-state index in [1.165, 1.54) is 0 Å². The van der Waals surface area contributed by atoms with Gasteiger partial charge in [0.15, 0.2) is 5.78 Å². The van der Waals surface area contributed by atoms with Gasteiger partial charge in [-0.2, -0.15) is 0 Å². The summed E-state index contributed by atoms with van der Waals surface area (Å²) < 4.78 is 4.26. The Balaban J connectivity index is 3.16. The lowest BCUT2D eigenvalue weighted by Gasteiger charge is -1.95. The molecule has 0 aliphatic carbocycles. The van der Waals surface area contributed by atoms with Crippen molar-refractivity contribution in [2.75, 3.05) is 6.61 Å². The van der Waals surface area contributed by atoms with Crippen molar-refractivity contribution >= 4 is 12.3 Å². The predicted molar refractivity (Wildman–Crippen MR) is 36.5 cm³/mol. The van der Waals surface area contributed by atoms with E-state index in [0.717, 1.165) is 12.8 Å². The molecule has 0 N–H and O–H groups in total. The highest BCUT2D eigenvalue weighted by Crippen LogP contribution is 1.94. The van der Waals surface area contributed by atoms with Gasteiger partial charge in [-0.1, -0.05) is 13.3 Å². The van der Waals surface area contributed by atoms with Crippen molar-refractivity contribution in [1.29, 1.82) is 0 Å². The van der Waals surface area contributed by atoms with Gasteiger partial charge in [0.2, 0.25) is 0 Å². The molecule has 0 saturated heterocycles. The molecule has 0 spiro atoms. The second kappa shape index (κ2) is 6.26. The van der Waals surface area contributed by atoms with Crippen LogP contribution in [0.2, 0.25) is 0 Å². The largest absolute Gasteiger partial charge is 0.460 e. The SMILES string of the molecule is CCCCC(=O)COC=O. The lowest BCUT2D eigenvalue weighted by Crippen LogP contribution is -2.06. The van der Waals surface area contributed by atoms with E-state index in [0.29, 0.717) is 12.9 Å². The summed E-state index contributed by atoms with van der Waals surface area (Å²) in [4.78, 5) is 20.3. The highest BCUT2D eigenvalue weighted by molar-refractivity contribution is 5.80. The van der Waals surface area contributed by atoms with Gasteiger partial charge in [-0.25, -0.2) is 0 Å². The Bertz CT molecular complexity index is 109. The minimum atomic E-state index is -0.0660. The van der Waals surface area contributed by atoms with E-state index >= 15 is 0 Å². The Morgan fingerprint density at radius 1 is 1.60 bits per heavy atom. The highest BCUT2D eigenvalue weighted by atomic mass is 16.5. The van der Waals surface area contributed by atoms with E-state index in [4.69, 9.17) is 0 Å². The zero-order chi connectivity index (χ0) is 7.82. The third-order valence-corrected chi connectivity index (χ3v) is 1.12. The van der Waals surface area contributed by atoms with E-state index in [-0.39, 0.29) is 12.4 Å². The smallest absolute Gasteiger partial charge is 0.293 e. The second-order valence-corrected chi connectivity index (χ2v) is 2.05. The monoisotopic (exact) mass is 144 g/mol. The van der Waals surface area contributed by atoms with Crippen LogP contribution in [-0.4, -0.2) is 18.9 Å². The molecule has 0 unspecified atom stereocenters. The van der Waals surface area contributed by atoms with E-state index in [2.05, 4.69) is 4.74 Å². The van der Waals surface area contributed by atoms with Crippen LogP contribution in [0.25, 0.3) is 0 Å². The van der Waals surface area contributed by atoms with Crippen LogP contribution in [0.4, 0.5) is 0 Å². The number of ketones is 1. The topological polar surface area (TPSA) is 43.4 Å². The Morgan fingerprint density at radius 3 is 2.80 bits per heavy atom. The Labute approximate surface area is 60.4 Å². The molecule has 0 amide bonds. The minimum Gasteiger partial charge on any atom is -0.460 e. The summed E-state index contributed by atoms with van der Waals surface area (Å²) in [5.41, 5.74) is 0. The first-order chi connectivity index (χ1) is 4.81. The first-order valence-electron chi connectivity index (χ1n) is 3.38. The molecule has 0 rings (SSSR count). The number of Topliss-reactive ketones (excluding diaryl/α,β-unsaturated/α-hetero) is 1. The number of rotatable bonds is 6. The molecular formula is C7H12O3. The molecule has 3 heteroatoms. The summed E-state index contributed by atoms with van der Waals surface area (Å²) in [6, 6.07) is 0. The van der Waals surface area contributed by atoms with E-state index in [1.54, 1.807) is 0 Å². The predicted octanol–water partition coefficient (Wildman–Crippen LogP) is 0.919. The van der Waals surface area contributed by atoms with Crippen LogP contribution < -0.4 is 0 Å². The van der Waals surface area contributed by atoms with E-state index in [9.17, 15) is 9.59 Å². The van der Waals surface area contributed by atoms with Crippen molar-refractivity contribution in [3.05, 3.63) is 0 Å². The molecule has 0 aromatic heterocycles. The molecule has 58 valence electrons. The minimum absolute atomic E-state index is 0.00560. The molecule has 0 aliphatic rings. The number of hydrogen-bond acceptors (Lipinski definition) is 3. The maximum atomic E-state index is 10.7. The lowest BCUT2D eigenvalue weighted by atomic mass is 10.2. The van der Waals surface area contributed by atoms with Crippen molar-refractivity contribution in [2.45, 2.75) is 26.2 Å². The summed E-state index contributed by atoms with van der Waals surface area (Å²) >= 11 is 0. The number of hydrogen-bond donors (Lipinski definition) is 0. The van der Waals surface area contributed by atoms with Crippen LogP contribution in [0.15, 0.2) is 0 Å². The van der Waals surface area contributed by atoms with Gasteiger partial charge in [-0.15, -0.1) is 0 Å². The molecule has 10 heavy (non-hydrogen) atoms. The van der Waals surface area contributed by atoms with Crippen molar-refractivity contribution < 1.29 is 14.3 Å². The number of carbonyl (C=O) groups is 2. The van der Waals surface area contributed by atoms with Gasteiger partial charge in [0.05, 0.1) is 0 Å². The fourth-order valence-electron chi connectivity index (χ4n) is 0.573. The summed E-state index contributed by atoms with van der Waals surface area (Å²) in [7, 11) is 0. The van der Waals surface area contributed by atoms with Crippen LogP contribution in [0.5, 0.6) is 0 Å². The van der Waals surface area contributed by atoms with Crippen LogP contribution in [0.3, 0.4) is 0 Å². The van der Waals surface area contributed by atoms with Gasteiger partial charge < -0.3 is 4.74 Å². The molecule has 0 heterocycles. The summed E-state index contributed by atoms with van der Waals surface area (Å²) in [6.07, 6.45) is 2.39. The fraction of sp³-hybridized carbons (Fsp3) is 0.714. The third-order valence-electron chi connectivity index (χ3n) is 1.12. The molecule has 0 saturated carbocycles. The Morgan fingerprint density at radius 2 is 2.30 bits per heavy atom. The maximum Gasteiger partial charge on any atom is 0.293 e. The van der Waals surface area contributed by atoms with Gasteiger partial charge in [0.25, 0.3) is 6.47 Å². The van der Waals surface area contributed by atoms with Crippen molar-refractivity contribution in [3.63, 3.8) is 0 Å². The maximum absolute atomic E-state index is 10.7. The molecule has 0 fully saturated rings. The highest BCUT2D eigenvalue weighted by Gasteiger charge is 1.99. The van der Waals surface area contributed by atoms with Gasteiger partial charge in [-0.3, -0.25) is 9.59 Å². The molecule has 0 aromatic rings. The summed E-state index contributed by atoms with van der Waals surface area (Å²) in [5.74, 6) is -0.00560. The zero-order valence-electron chi connectivity index (χ0n) is 6.13. The quantitative estimate of drug-likeness (QED) is 0.520. The normalized spacial score (nSPS) is 8.90. The van der Waals surface area contributed by atoms with Crippen molar-refractivity contribution in [1.82, 2.24) is 0 Å². The first-order valence-corrected chi connectivity index (χ1v) is 3.38. The standard InChI is InChI=1S/C7H12O3/c1-2-3-4-7(9)5-10-6-8/h6H,2-5H2,1H3. The van der Waals surface area contributed by atoms with Crippen LogP contribution in [-0.2, 0) is 14.3 Å². The third kappa shape index (κ3) is 5.28. The van der Waals surface area contributed by atoms with E-state index < -0.39 is 0 Å². The second-order valence-electron chi connectivity index (χ2n) is 2.05. The zero-order valence-corrected chi connectivity index (χ0v) is 6.13. The van der Waals surface area contributed by atoms with Gasteiger partial charge in [0.1, 0.15) is 6.61 Å². The Kier molecular flexibility index (Phi) is 5.72. The van der Waals surface area contributed by atoms with Crippen molar-refractivity contribution in [2.24, 2.45) is 0 Å². The van der Waals surface area contributed by atoms with Crippen molar-refractivity contribution in [3.8, 4) is 0 Å². The van der Waals surface area contributed by atoms with Crippen LogP contribution >= 0.6 is 0 Å². The van der Waals surface area contributed by atoms with Crippen LogP contribution in [0.1, 0.15) is 26.2 Å². The number of ether oxygens (including phenoxy) is 1. The average Bonchev–Trinajstić information content (AvgIpc) is 1.97. The Hall–Kier alpha value is -0.860. The van der Waals surface area contributed by atoms with Crippen LogP contribution in [0, 0.1) is 0 Å². The molecule has 0 atom stereocenters. The molecule has 0 radical (unpaired) electrons. The molecule has 0 aromatic carbocycles. The van der Waals surface area contributed by atoms with Gasteiger partial charge in [0, 0.05) is 6.42 Å².